The van der Waals surface area contributed by atoms with E-state index in [1.807, 2.05) is 12.1 Å². The van der Waals surface area contributed by atoms with E-state index in [4.69, 9.17) is 21.8 Å². The Bertz CT molecular complexity index is 809. The first-order valence-corrected chi connectivity index (χ1v) is 9.68. The molecular weight excluding hydrogens is 352 g/mol. The van der Waals surface area contributed by atoms with Crippen molar-refractivity contribution in [3.8, 4) is 0 Å². The van der Waals surface area contributed by atoms with Crippen molar-refractivity contribution < 1.29 is 9.21 Å². The van der Waals surface area contributed by atoms with Crippen LogP contribution in [0.3, 0.4) is 0 Å². The van der Waals surface area contributed by atoms with Gasteiger partial charge in [-0.2, -0.15) is 4.98 Å². The minimum absolute atomic E-state index is 0.166. The Labute approximate surface area is 158 Å². The van der Waals surface area contributed by atoms with Gasteiger partial charge in [-0.05, 0) is 62.4 Å². The molecule has 0 bridgehead atoms. The number of hydrogen-bond acceptors (Lipinski definition) is 5. The van der Waals surface area contributed by atoms with Gasteiger partial charge in [-0.15, -0.1) is 0 Å². The Morgan fingerprint density at radius 2 is 2.12 bits per heavy atom. The molecule has 26 heavy (non-hydrogen) atoms. The lowest BCUT2D eigenvalue weighted by Crippen LogP contribution is -2.51. The van der Waals surface area contributed by atoms with Crippen molar-refractivity contribution in [2.75, 3.05) is 31.1 Å². The fourth-order valence-electron chi connectivity index (χ4n) is 4.60. The number of fused-ring (bicyclic) bond motifs is 1. The zero-order valence-electron chi connectivity index (χ0n) is 15.0. The van der Waals surface area contributed by atoms with Crippen LogP contribution >= 0.6 is 11.6 Å². The minimum Gasteiger partial charge on any atom is -0.423 e. The molecule has 1 amide bonds. The Kier molecular flexibility index (Phi) is 4.57. The van der Waals surface area contributed by atoms with Gasteiger partial charge in [0, 0.05) is 18.1 Å². The maximum absolute atomic E-state index is 12.3. The molecule has 6 nitrogen and oxygen atoms in total. The highest BCUT2D eigenvalue weighted by Gasteiger charge is 2.47. The second-order valence-electron chi connectivity index (χ2n) is 7.71. The van der Waals surface area contributed by atoms with E-state index in [-0.39, 0.29) is 5.91 Å². The van der Waals surface area contributed by atoms with Crippen LogP contribution in [0.4, 0.5) is 6.01 Å². The van der Waals surface area contributed by atoms with Crippen molar-refractivity contribution in [2.45, 2.75) is 26.2 Å². The number of oxazole rings is 1. The van der Waals surface area contributed by atoms with E-state index in [1.165, 1.54) is 0 Å². The van der Waals surface area contributed by atoms with Gasteiger partial charge in [0.25, 0.3) is 6.01 Å². The highest BCUT2D eigenvalue weighted by molar-refractivity contribution is 6.31. The van der Waals surface area contributed by atoms with E-state index in [9.17, 15) is 4.79 Å². The molecular formula is C19H25ClN4O2. The van der Waals surface area contributed by atoms with Crippen LogP contribution in [0.25, 0.3) is 11.1 Å². The van der Waals surface area contributed by atoms with Gasteiger partial charge in [0.1, 0.15) is 5.52 Å². The number of nitrogens with two attached hydrogens (primary N) is 1. The van der Waals surface area contributed by atoms with E-state index in [2.05, 4.69) is 22.1 Å². The molecule has 7 heteroatoms. The van der Waals surface area contributed by atoms with Gasteiger partial charge in [0.2, 0.25) is 5.91 Å². The fourth-order valence-corrected chi connectivity index (χ4v) is 4.76. The van der Waals surface area contributed by atoms with Crippen molar-refractivity contribution in [2.24, 2.45) is 23.0 Å². The van der Waals surface area contributed by atoms with Crippen LogP contribution in [-0.4, -0.2) is 37.1 Å². The van der Waals surface area contributed by atoms with E-state index < -0.39 is 5.41 Å². The molecule has 0 spiro atoms. The number of carbonyl (C=O) groups is 1. The summed E-state index contributed by atoms with van der Waals surface area (Å²) in [5, 5.41) is 4.02. The normalized spacial score (nSPS) is 24.1. The van der Waals surface area contributed by atoms with Gasteiger partial charge >= 0.3 is 0 Å². The second kappa shape index (κ2) is 6.74. The van der Waals surface area contributed by atoms with Crippen molar-refractivity contribution in [1.82, 2.24) is 10.3 Å². The summed E-state index contributed by atoms with van der Waals surface area (Å²) in [7, 11) is 0. The van der Waals surface area contributed by atoms with Gasteiger partial charge in [-0.25, -0.2) is 0 Å². The summed E-state index contributed by atoms with van der Waals surface area (Å²) in [5.74, 6) is 0.448. The van der Waals surface area contributed by atoms with E-state index in [0.717, 1.165) is 56.5 Å². The first kappa shape index (κ1) is 17.6. The molecule has 1 aromatic heterocycles. The molecule has 2 aliphatic heterocycles. The molecule has 2 aliphatic rings. The average Bonchev–Trinajstić information content (AvgIpc) is 3.30. The van der Waals surface area contributed by atoms with Gasteiger partial charge < -0.3 is 20.4 Å². The van der Waals surface area contributed by atoms with Crippen LogP contribution in [-0.2, 0) is 4.79 Å². The first-order chi connectivity index (χ1) is 12.5. The number of halogens is 1. The molecule has 2 fully saturated rings. The molecule has 3 N–H and O–H groups in total. The number of benzene rings is 1. The highest BCUT2D eigenvalue weighted by Crippen LogP contribution is 2.44. The number of rotatable bonds is 4. The lowest BCUT2D eigenvalue weighted by molar-refractivity contribution is -0.134. The second-order valence-corrected chi connectivity index (χ2v) is 8.14. The highest BCUT2D eigenvalue weighted by atomic mass is 35.5. The summed E-state index contributed by atoms with van der Waals surface area (Å²) >= 11 is 6.03. The SMILES string of the molecule is CC(C(N)=O)(C1CCN(c2nc3cc(Cl)ccc3o2)CC1)C1CCNC1. The van der Waals surface area contributed by atoms with Crippen molar-refractivity contribution in [3.63, 3.8) is 0 Å². The third-order valence-corrected chi connectivity index (χ3v) is 6.63. The zero-order valence-corrected chi connectivity index (χ0v) is 15.8. The summed E-state index contributed by atoms with van der Waals surface area (Å²) < 4.78 is 5.89. The summed E-state index contributed by atoms with van der Waals surface area (Å²) in [5.41, 5.74) is 6.93. The van der Waals surface area contributed by atoms with Crippen LogP contribution in [0, 0.1) is 17.3 Å². The van der Waals surface area contributed by atoms with Gasteiger partial charge in [-0.1, -0.05) is 18.5 Å². The van der Waals surface area contributed by atoms with Gasteiger partial charge in [0.15, 0.2) is 5.58 Å². The number of aromatic nitrogens is 1. The van der Waals surface area contributed by atoms with Crippen LogP contribution in [0.1, 0.15) is 26.2 Å². The number of primary amides is 1. The molecule has 0 saturated carbocycles. The summed E-state index contributed by atoms with van der Waals surface area (Å²) in [6.07, 6.45) is 2.84. The molecule has 2 unspecified atom stereocenters. The molecule has 0 aliphatic carbocycles. The Morgan fingerprint density at radius 1 is 1.35 bits per heavy atom. The fraction of sp³-hybridized carbons (Fsp3) is 0.579. The van der Waals surface area contributed by atoms with Crippen molar-refractivity contribution >= 4 is 34.6 Å². The molecule has 4 rings (SSSR count). The largest absolute Gasteiger partial charge is 0.423 e. The Hall–Kier alpha value is -1.79. The predicted octanol–water partition coefficient (Wildman–Crippen LogP) is 2.80. The quantitative estimate of drug-likeness (QED) is 0.857. The summed E-state index contributed by atoms with van der Waals surface area (Å²) in [4.78, 5) is 19.1. The van der Waals surface area contributed by atoms with Crippen LogP contribution in [0.15, 0.2) is 22.6 Å². The van der Waals surface area contributed by atoms with Crippen molar-refractivity contribution in [1.29, 1.82) is 0 Å². The van der Waals surface area contributed by atoms with Gasteiger partial charge in [-0.3, -0.25) is 4.79 Å². The third-order valence-electron chi connectivity index (χ3n) is 6.39. The number of carbonyl (C=O) groups excluding carboxylic acids is 1. The number of amides is 1. The van der Waals surface area contributed by atoms with E-state index in [1.54, 1.807) is 6.07 Å². The number of anilines is 1. The predicted molar refractivity (Wildman–Crippen MR) is 102 cm³/mol. The molecule has 140 valence electrons. The Balaban J connectivity index is 1.49. The molecule has 1 aromatic carbocycles. The summed E-state index contributed by atoms with van der Waals surface area (Å²) in [6.45, 7) is 5.54. The minimum atomic E-state index is -0.454. The zero-order chi connectivity index (χ0) is 18.3. The van der Waals surface area contributed by atoms with E-state index >= 15 is 0 Å². The maximum Gasteiger partial charge on any atom is 0.298 e. The van der Waals surface area contributed by atoms with Crippen LogP contribution in [0.2, 0.25) is 5.02 Å². The van der Waals surface area contributed by atoms with Crippen LogP contribution in [0.5, 0.6) is 0 Å². The lowest BCUT2D eigenvalue weighted by atomic mass is 9.64. The average molecular weight is 377 g/mol. The topological polar surface area (TPSA) is 84.4 Å². The summed E-state index contributed by atoms with van der Waals surface area (Å²) in [6, 6.07) is 6.09. The molecule has 2 saturated heterocycles. The number of piperidine rings is 1. The maximum atomic E-state index is 12.3. The lowest BCUT2D eigenvalue weighted by Gasteiger charge is -2.43. The number of nitrogens with one attached hydrogen (secondary N) is 1. The van der Waals surface area contributed by atoms with Crippen molar-refractivity contribution in [3.05, 3.63) is 23.2 Å². The van der Waals surface area contributed by atoms with Gasteiger partial charge in [0.05, 0.1) is 5.41 Å². The first-order valence-electron chi connectivity index (χ1n) is 9.30. The molecule has 0 radical (unpaired) electrons. The molecule has 2 aromatic rings. The van der Waals surface area contributed by atoms with Crippen LogP contribution < -0.4 is 16.0 Å². The monoisotopic (exact) mass is 376 g/mol. The smallest absolute Gasteiger partial charge is 0.298 e. The van der Waals surface area contributed by atoms with E-state index in [0.29, 0.717) is 22.9 Å². The number of nitrogens with zero attached hydrogens (tertiary/aromatic N) is 2. The number of hydrogen-bond donors (Lipinski definition) is 2. The Morgan fingerprint density at radius 3 is 2.77 bits per heavy atom. The third kappa shape index (κ3) is 2.95. The standard InChI is InChI=1S/C19H25ClN4O2/c1-19(17(21)25,13-4-7-22-11-13)12-5-8-24(9-6-12)18-23-15-10-14(20)2-3-16(15)26-18/h2-3,10,12-13,22H,4-9,11H2,1H3,(H2,21,25). The molecule has 2 atom stereocenters. The molecule has 3 heterocycles.